The van der Waals surface area contributed by atoms with Gasteiger partial charge in [-0.15, -0.1) is 0 Å². The minimum atomic E-state index is 0.796. The number of anilines is 2. The van der Waals surface area contributed by atoms with E-state index in [0.717, 1.165) is 29.1 Å². The molecule has 3 nitrogen and oxygen atoms in total. The van der Waals surface area contributed by atoms with E-state index in [1.807, 2.05) is 18.3 Å². The molecule has 0 spiro atoms. The van der Waals surface area contributed by atoms with Crippen molar-refractivity contribution < 1.29 is 0 Å². The van der Waals surface area contributed by atoms with E-state index in [2.05, 4.69) is 57.9 Å². The van der Waals surface area contributed by atoms with Gasteiger partial charge >= 0.3 is 0 Å². The molecule has 1 heterocycles. The van der Waals surface area contributed by atoms with Gasteiger partial charge in [-0.2, -0.15) is 0 Å². The maximum absolute atomic E-state index is 5.71. The molecule has 0 aliphatic carbocycles. The van der Waals surface area contributed by atoms with Crippen molar-refractivity contribution in [1.82, 2.24) is 4.98 Å². The third-order valence-electron chi connectivity index (χ3n) is 3.09. The zero-order chi connectivity index (χ0) is 13.8. The minimum Gasteiger partial charge on any atom is -0.399 e. The van der Waals surface area contributed by atoms with Crippen LogP contribution in [-0.4, -0.2) is 11.5 Å². The summed E-state index contributed by atoms with van der Waals surface area (Å²) in [6.07, 6.45) is 1.86. The van der Waals surface area contributed by atoms with E-state index in [-0.39, 0.29) is 0 Å². The van der Waals surface area contributed by atoms with Gasteiger partial charge in [0.25, 0.3) is 0 Å². The molecule has 19 heavy (non-hydrogen) atoms. The number of hydrogen-bond donors (Lipinski definition) is 1. The Morgan fingerprint density at radius 2 is 1.95 bits per heavy atom. The first kappa shape index (κ1) is 13.9. The fraction of sp³-hybridized carbons (Fsp3) is 0.267. The molecule has 2 N–H and O–H groups in total. The summed E-state index contributed by atoms with van der Waals surface area (Å²) < 4.78 is 1.04. The first-order chi connectivity index (χ1) is 9.10. The van der Waals surface area contributed by atoms with Gasteiger partial charge < -0.3 is 10.6 Å². The van der Waals surface area contributed by atoms with Gasteiger partial charge in [-0.05, 0) is 59.1 Å². The Labute approximate surface area is 122 Å². The van der Waals surface area contributed by atoms with Crippen molar-refractivity contribution in [1.29, 1.82) is 0 Å². The summed E-state index contributed by atoms with van der Waals surface area (Å²) in [5.41, 5.74) is 8.93. The molecule has 0 aliphatic rings. The predicted octanol–water partition coefficient (Wildman–Crippen LogP) is 3.76. The van der Waals surface area contributed by atoms with Gasteiger partial charge in [0.1, 0.15) is 5.82 Å². The SMILES string of the molecule is CCN(Cc1ccc(N)cc1)c1cc(C)c(Br)cn1. The summed E-state index contributed by atoms with van der Waals surface area (Å²) in [6.45, 7) is 5.96. The molecule has 0 atom stereocenters. The Morgan fingerprint density at radius 3 is 2.53 bits per heavy atom. The Bertz CT molecular complexity index is 552. The average Bonchev–Trinajstić information content (AvgIpc) is 2.41. The number of halogens is 1. The third kappa shape index (κ3) is 3.47. The van der Waals surface area contributed by atoms with Crippen LogP contribution < -0.4 is 10.6 Å². The molecule has 100 valence electrons. The zero-order valence-electron chi connectivity index (χ0n) is 11.2. The number of rotatable bonds is 4. The maximum atomic E-state index is 5.71. The monoisotopic (exact) mass is 319 g/mol. The number of nitrogen functional groups attached to an aromatic ring is 1. The number of benzene rings is 1. The molecule has 1 aromatic heterocycles. The smallest absolute Gasteiger partial charge is 0.129 e. The molecule has 0 radical (unpaired) electrons. The van der Waals surface area contributed by atoms with Gasteiger partial charge in [-0.1, -0.05) is 12.1 Å². The van der Waals surface area contributed by atoms with Gasteiger partial charge in [0.05, 0.1) is 0 Å². The van der Waals surface area contributed by atoms with E-state index in [0.29, 0.717) is 0 Å². The molecule has 1 aromatic carbocycles. The fourth-order valence-corrected chi connectivity index (χ4v) is 2.11. The van der Waals surface area contributed by atoms with E-state index < -0.39 is 0 Å². The quantitative estimate of drug-likeness (QED) is 0.872. The van der Waals surface area contributed by atoms with Crippen LogP contribution in [0.4, 0.5) is 11.5 Å². The van der Waals surface area contributed by atoms with Gasteiger partial charge in [-0.25, -0.2) is 4.98 Å². The lowest BCUT2D eigenvalue weighted by Gasteiger charge is -2.22. The van der Waals surface area contributed by atoms with Crippen LogP contribution in [-0.2, 0) is 6.54 Å². The van der Waals surface area contributed by atoms with Crippen LogP contribution in [0.1, 0.15) is 18.1 Å². The van der Waals surface area contributed by atoms with Gasteiger partial charge in [0.15, 0.2) is 0 Å². The average molecular weight is 320 g/mol. The third-order valence-corrected chi connectivity index (χ3v) is 3.92. The number of nitrogens with zero attached hydrogens (tertiary/aromatic N) is 2. The van der Waals surface area contributed by atoms with E-state index >= 15 is 0 Å². The normalized spacial score (nSPS) is 10.5. The molecule has 0 bridgehead atoms. The molecule has 0 saturated carbocycles. The molecule has 0 amide bonds. The lowest BCUT2D eigenvalue weighted by Crippen LogP contribution is -2.23. The van der Waals surface area contributed by atoms with E-state index in [9.17, 15) is 0 Å². The van der Waals surface area contributed by atoms with Crippen LogP contribution in [0.25, 0.3) is 0 Å². The van der Waals surface area contributed by atoms with E-state index in [4.69, 9.17) is 5.73 Å². The van der Waals surface area contributed by atoms with Gasteiger partial charge in [0.2, 0.25) is 0 Å². The highest BCUT2D eigenvalue weighted by Crippen LogP contribution is 2.21. The minimum absolute atomic E-state index is 0.796. The summed E-state index contributed by atoms with van der Waals surface area (Å²) in [6, 6.07) is 10.1. The van der Waals surface area contributed by atoms with E-state index in [1.54, 1.807) is 0 Å². The number of aryl methyl sites for hydroxylation is 1. The topological polar surface area (TPSA) is 42.1 Å². The van der Waals surface area contributed by atoms with Gasteiger partial charge in [0, 0.05) is 29.4 Å². The fourth-order valence-electron chi connectivity index (χ4n) is 1.90. The van der Waals surface area contributed by atoms with Crippen molar-refractivity contribution in [2.45, 2.75) is 20.4 Å². The van der Waals surface area contributed by atoms with Crippen molar-refractivity contribution in [2.75, 3.05) is 17.2 Å². The molecule has 0 unspecified atom stereocenters. The highest BCUT2D eigenvalue weighted by molar-refractivity contribution is 9.10. The molecule has 2 rings (SSSR count). The summed E-state index contributed by atoms with van der Waals surface area (Å²) in [7, 11) is 0. The van der Waals surface area contributed by atoms with Crippen LogP contribution in [0.15, 0.2) is 41.0 Å². The van der Waals surface area contributed by atoms with Crippen LogP contribution >= 0.6 is 15.9 Å². The maximum Gasteiger partial charge on any atom is 0.129 e. The Kier molecular flexibility index (Phi) is 4.43. The molecule has 4 heteroatoms. The Morgan fingerprint density at radius 1 is 1.26 bits per heavy atom. The van der Waals surface area contributed by atoms with Crippen LogP contribution in [0.5, 0.6) is 0 Å². The van der Waals surface area contributed by atoms with Crippen LogP contribution in [0, 0.1) is 6.92 Å². The highest BCUT2D eigenvalue weighted by Gasteiger charge is 2.08. The molecule has 0 aliphatic heterocycles. The standard InChI is InChI=1S/C15H18BrN3/c1-3-19(10-12-4-6-13(17)7-5-12)15-8-11(2)14(16)9-18-15/h4-9H,3,10,17H2,1-2H3. The largest absolute Gasteiger partial charge is 0.399 e. The summed E-state index contributed by atoms with van der Waals surface area (Å²) in [4.78, 5) is 6.72. The van der Waals surface area contributed by atoms with Crippen molar-refractivity contribution in [2.24, 2.45) is 0 Å². The summed E-state index contributed by atoms with van der Waals surface area (Å²) >= 11 is 3.48. The highest BCUT2D eigenvalue weighted by atomic mass is 79.9. The van der Waals surface area contributed by atoms with Crippen molar-refractivity contribution in [3.8, 4) is 0 Å². The van der Waals surface area contributed by atoms with E-state index in [1.165, 1.54) is 11.1 Å². The second kappa shape index (κ2) is 6.06. The molecule has 2 aromatic rings. The lowest BCUT2D eigenvalue weighted by molar-refractivity contribution is 0.812. The number of pyridine rings is 1. The van der Waals surface area contributed by atoms with Crippen LogP contribution in [0.3, 0.4) is 0 Å². The van der Waals surface area contributed by atoms with Crippen LogP contribution in [0.2, 0.25) is 0 Å². The van der Waals surface area contributed by atoms with Gasteiger partial charge in [-0.3, -0.25) is 0 Å². The van der Waals surface area contributed by atoms with Crippen molar-refractivity contribution in [3.63, 3.8) is 0 Å². The number of nitrogens with two attached hydrogens (primary N) is 1. The molecular formula is C15H18BrN3. The first-order valence-electron chi connectivity index (χ1n) is 6.31. The second-order valence-corrected chi connectivity index (χ2v) is 5.40. The Balaban J connectivity index is 2.19. The van der Waals surface area contributed by atoms with Crippen molar-refractivity contribution >= 4 is 27.4 Å². The number of aromatic nitrogens is 1. The molecular weight excluding hydrogens is 302 g/mol. The number of hydrogen-bond acceptors (Lipinski definition) is 3. The Hall–Kier alpha value is -1.55. The second-order valence-electron chi connectivity index (χ2n) is 4.55. The summed E-state index contributed by atoms with van der Waals surface area (Å²) in [5.74, 6) is 1.00. The summed E-state index contributed by atoms with van der Waals surface area (Å²) in [5, 5.41) is 0. The lowest BCUT2D eigenvalue weighted by atomic mass is 10.2. The predicted molar refractivity (Wildman–Crippen MR) is 84.3 cm³/mol. The molecule has 0 fully saturated rings. The molecule has 0 saturated heterocycles. The zero-order valence-corrected chi connectivity index (χ0v) is 12.8. The van der Waals surface area contributed by atoms with Crippen molar-refractivity contribution in [3.05, 3.63) is 52.1 Å². The first-order valence-corrected chi connectivity index (χ1v) is 7.11.